The molecule has 1 fully saturated rings. The topological polar surface area (TPSA) is 58.6 Å². The molecule has 0 radical (unpaired) electrons. The number of benzene rings is 1. The zero-order valence-corrected chi connectivity index (χ0v) is 17.4. The third-order valence-corrected chi connectivity index (χ3v) is 6.02. The summed E-state index contributed by atoms with van der Waals surface area (Å²) in [5.74, 6) is 0.994. The standard InChI is InChI=1S/C23H30N4O2/c1-3-17-5-8-20(9-6-17)27(4-2)22(28)18-7-10-21-19(15-18)16-24-23(25-21)26-11-13-29-14-12-26/h5-6,8-9,16,18H,3-4,7,10-15H2,1-2H3. The summed E-state index contributed by atoms with van der Waals surface area (Å²) in [4.78, 5) is 26.8. The Bertz CT molecular complexity index is 846. The van der Waals surface area contributed by atoms with E-state index in [-0.39, 0.29) is 11.8 Å². The zero-order valence-electron chi connectivity index (χ0n) is 17.4. The van der Waals surface area contributed by atoms with Gasteiger partial charge in [0, 0.05) is 43.1 Å². The molecule has 2 aliphatic rings. The number of rotatable bonds is 5. The van der Waals surface area contributed by atoms with Gasteiger partial charge in [0.05, 0.1) is 13.2 Å². The van der Waals surface area contributed by atoms with Crippen molar-refractivity contribution in [2.45, 2.75) is 39.5 Å². The molecule has 0 N–H and O–H groups in total. The van der Waals surface area contributed by atoms with E-state index >= 15 is 0 Å². The lowest BCUT2D eigenvalue weighted by Gasteiger charge is -2.31. The molecule has 1 saturated heterocycles. The Labute approximate surface area is 172 Å². The third kappa shape index (κ3) is 4.27. The van der Waals surface area contributed by atoms with Gasteiger partial charge in [0.1, 0.15) is 0 Å². The van der Waals surface area contributed by atoms with Crippen LogP contribution in [-0.4, -0.2) is 48.7 Å². The summed E-state index contributed by atoms with van der Waals surface area (Å²) in [5.41, 5.74) is 4.49. The average Bonchev–Trinajstić information content (AvgIpc) is 2.80. The van der Waals surface area contributed by atoms with Crippen molar-refractivity contribution in [3.05, 3.63) is 47.3 Å². The number of hydrogen-bond donors (Lipinski definition) is 0. The molecule has 1 atom stereocenters. The van der Waals surface area contributed by atoms with Crippen LogP contribution >= 0.6 is 0 Å². The van der Waals surface area contributed by atoms with Crippen LogP contribution in [0.2, 0.25) is 0 Å². The van der Waals surface area contributed by atoms with Crippen molar-refractivity contribution in [3.63, 3.8) is 0 Å². The molecule has 0 saturated carbocycles. The van der Waals surface area contributed by atoms with Crippen LogP contribution in [0.3, 0.4) is 0 Å². The first-order valence-corrected chi connectivity index (χ1v) is 10.8. The molecule has 2 heterocycles. The van der Waals surface area contributed by atoms with Crippen LogP contribution in [-0.2, 0) is 28.8 Å². The second-order valence-corrected chi connectivity index (χ2v) is 7.78. The maximum absolute atomic E-state index is 13.3. The number of morpholine rings is 1. The molecule has 0 spiro atoms. The molecule has 4 rings (SSSR count). The summed E-state index contributed by atoms with van der Waals surface area (Å²) in [6, 6.07) is 8.36. The fourth-order valence-corrected chi connectivity index (χ4v) is 4.22. The number of amides is 1. The van der Waals surface area contributed by atoms with Crippen molar-refractivity contribution in [3.8, 4) is 0 Å². The summed E-state index contributed by atoms with van der Waals surface area (Å²) in [6.45, 7) is 7.99. The molecule has 1 amide bonds. The van der Waals surface area contributed by atoms with Gasteiger partial charge in [-0.15, -0.1) is 0 Å². The summed E-state index contributed by atoms with van der Waals surface area (Å²) in [6.07, 6.45) is 5.33. The van der Waals surface area contributed by atoms with Crippen molar-refractivity contribution in [2.24, 2.45) is 5.92 Å². The number of aromatic nitrogens is 2. The fraction of sp³-hybridized carbons (Fsp3) is 0.522. The van der Waals surface area contributed by atoms with Gasteiger partial charge in [0.25, 0.3) is 0 Å². The monoisotopic (exact) mass is 394 g/mol. The van der Waals surface area contributed by atoms with E-state index in [9.17, 15) is 4.79 Å². The van der Waals surface area contributed by atoms with E-state index in [1.807, 2.05) is 18.0 Å². The molecule has 29 heavy (non-hydrogen) atoms. The second kappa shape index (κ2) is 8.91. The van der Waals surface area contributed by atoms with E-state index in [1.54, 1.807) is 0 Å². The number of fused-ring (bicyclic) bond motifs is 1. The maximum Gasteiger partial charge on any atom is 0.230 e. The molecule has 0 bridgehead atoms. The highest BCUT2D eigenvalue weighted by Crippen LogP contribution is 2.28. The summed E-state index contributed by atoms with van der Waals surface area (Å²) >= 11 is 0. The molecule has 154 valence electrons. The lowest BCUT2D eigenvalue weighted by molar-refractivity contribution is -0.122. The molecule has 1 unspecified atom stereocenters. The Morgan fingerprint density at radius 2 is 1.97 bits per heavy atom. The van der Waals surface area contributed by atoms with E-state index in [2.05, 4.69) is 41.1 Å². The van der Waals surface area contributed by atoms with Gasteiger partial charge in [-0.3, -0.25) is 4.79 Å². The van der Waals surface area contributed by atoms with E-state index in [1.165, 1.54) is 5.56 Å². The van der Waals surface area contributed by atoms with E-state index < -0.39 is 0 Å². The number of ether oxygens (including phenoxy) is 1. The predicted molar refractivity (Wildman–Crippen MR) is 114 cm³/mol. The number of aryl methyl sites for hydroxylation is 2. The minimum atomic E-state index is -0.00821. The second-order valence-electron chi connectivity index (χ2n) is 7.78. The summed E-state index contributed by atoms with van der Waals surface area (Å²) in [7, 11) is 0. The molecule has 1 aromatic carbocycles. The number of carbonyl (C=O) groups excluding carboxylic acids is 1. The van der Waals surface area contributed by atoms with Crippen LogP contribution in [0, 0.1) is 5.92 Å². The Morgan fingerprint density at radius 3 is 2.66 bits per heavy atom. The minimum absolute atomic E-state index is 0.00821. The van der Waals surface area contributed by atoms with E-state index in [0.717, 1.165) is 74.9 Å². The van der Waals surface area contributed by atoms with Gasteiger partial charge in [0.2, 0.25) is 11.9 Å². The predicted octanol–water partition coefficient (Wildman–Crippen LogP) is 3.03. The third-order valence-electron chi connectivity index (χ3n) is 6.02. The Morgan fingerprint density at radius 1 is 1.21 bits per heavy atom. The van der Waals surface area contributed by atoms with Gasteiger partial charge < -0.3 is 14.5 Å². The van der Waals surface area contributed by atoms with Gasteiger partial charge in [-0.25, -0.2) is 9.97 Å². The van der Waals surface area contributed by atoms with Crippen LogP contribution in [0.25, 0.3) is 0 Å². The SMILES string of the molecule is CCc1ccc(N(CC)C(=O)C2CCc3nc(N4CCOCC4)ncc3C2)cc1. The molecule has 6 nitrogen and oxygen atoms in total. The highest BCUT2D eigenvalue weighted by atomic mass is 16.5. The average molecular weight is 395 g/mol. The molecule has 6 heteroatoms. The van der Waals surface area contributed by atoms with Crippen LogP contribution in [0.4, 0.5) is 11.6 Å². The van der Waals surface area contributed by atoms with Gasteiger partial charge >= 0.3 is 0 Å². The normalized spacial score (nSPS) is 19.0. The molecule has 1 aliphatic heterocycles. The minimum Gasteiger partial charge on any atom is -0.378 e. The van der Waals surface area contributed by atoms with Crippen LogP contribution in [0.15, 0.2) is 30.5 Å². The summed E-state index contributed by atoms with van der Waals surface area (Å²) in [5, 5.41) is 0. The highest BCUT2D eigenvalue weighted by molar-refractivity contribution is 5.95. The molecule has 2 aromatic rings. The Balaban J connectivity index is 1.47. The van der Waals surface area contributed by atoms with Gasteiger partial charge in [-0.1, -0.05) is 19.1 Å². The van der Waals surface area contributed by atoms with Crippen molar-refractivity contribution < 1.29 is 9.53 Å². The van der Waals surface area contributed by atoms with Crippen LogP contribution in [0.1, 0.15) is 37.1 Å². The van der Waals surface area contributed by atoms with Gasteiger partial charge in [0.15, 0.2) is 0 Å². The number of anilines is 2. The van der Waals surface area contributed by atoms with E-state index in [0.29, 0.717) is 6.54 Å². The lowest BCUT2D eigenvalue weighted by Crippen LogP contribution is -2.39. The fourth-order valence-electron chi connectivity index (χ4n) is 4.22. The van der Waals surface area contributed by atoms with E-state index in [4.69, 9.17) is 9.72 Å². The molecule has 1 aromatic heterocycles. The number of hydrogen-bond acceptors (Lipinski definition) is 5. The van der Waals surface area contributed by atoms with Crippen molar-refractivity contribution in [1.82, 2.24) is 9.97 Å². The van der Waals surface area contributed by atoms with Gasteiger partial charge in [-0.05, 0) is 55.9 Å². The van der Waals surface area contributed by atoms with Gasteiger partial charge in [-0.2, -0.15) is 0 Å². The lowest BCUT2D eigenvalue weighted by atomic mass is 9.86. The number of nitrogens with zero attached hydrogens (tertiary/aromatic N) is 4. The van der Waals surface area contributed by atoms with Crippen molar-refractivity contribution in [2.75, 3.05) is 42.6 Å². The molecular weight excluding hydrogens is 364 g/mol. The smallest absolute Gasteiger partial charge is 0.230 e. The first-order chi connectivity index (χ1) is 14.2. The highest BCUT2D eigenvalue weighted by Gasteiger charge is 2.30. The van der Waals surface area contributed by atoms with Crippen molar-refractivity contribution >= 4 is 17.5 Å². The van der Waals surface area contributed by atoms with Crippen LogP contribution < -0.4 is 9.80 Å². The Hall–Kier alpha value is -2.47. The quantitative estimate of drug-likeness (QED) is 0.780. The zero-order chi connectivity index (χ0) is 20.2. The number of carbonyl (C=O) groups is 1. The molecule has 1 aliphatic carbocycles. The summed E-state index contributed by atoms with van der Waals surface area (Å²) < 4.78 is 5.42. The van der Waals surface area contributed by atoms with Crippen molar-refractivity contribution in [1.29, 1.82) is 0 Å². The first-order valence-electron chi connectivity index (χ1n) is 10.8. The van der Waals surface area contributed by atoms with Crippen LogP contribution in [0.5, 0.6) is 0 Å². The Kier molecular flexibility index (Phi) is 6.09. The first kappa shape index (κ1) is 19.8. The largest absolute Gasteiger partial charge is 0.378 e. The maximum atomic E-state index is 13.3. The molecular formula is C23H30N4O2.